The van der Waals surface area contributed by atoms with Gasteiger partial charge in [-0.1, -0.05) is 0 Å². The number of nitrogens with zero attached hydrogens (tertiary/aromatic N) is 2. The molecule has 0 bridgehead atoms. The SMILES string of the molecule is COCCN(Cc1nc(C(=O)OC)co1)C(C)=O. The number of aromatic nitrogens is 1. The van der Waals surface area contributed by atoms with Crippen LogP contribution < -0.4 is 0 Å². The van der Waals surface area contributed by atoms with Crippen LogP contribution in [-0.2, 0) is 20.8 Å². The number of esters is 1. The molecule has 0 aliphatic heterocycles. The summed E-state index contributed by atoms with van der Waals surface area (Å²) in [5.41, 5.74) is 0.0859. The fourth-order valence-electron chi connectivity index (χ4n) is 1.29. The first-order valence-electron chi connectivity index (χ1n) is 5.35. The Bertz CT molecular complexity index is 415. The first kappa shape index (κ1) is 14.2. The zero-order valence-corrected chi connectivity index (χ0v) is 10.6. The molecular weight excluding hydrogens is 240 g/mol. The molecule has 0 spiro atoms. The van der Waals surface area contributed by atoms with Crippen LogP contribution in [0.25, 0.3) is 0 Å². The number of oxazole rings is 1. The lowest BCUT2D eigenvalue weighted by atomic mass is 10.4. The molecule has 18 heavy (non-hydrogen) atoms. The van der Waals surface area contributed by atoms with Crippen molar-refractivity contribution in [1.82, 2.24) is 9.88 Å². The topological polar surface area (TPSA) is 81.9 Å². The summed E-state index contributed by atoms with van der Waals surface area (Å²) in [5.74, 6) is -0.414. The summed E-state index contributed by atoms with van der Waals surface area (Å²) in [7, 11) is 2.82. The van der Waals surface area contributed by atoms with Gasteiger partial charge in [0.25, 0.3) is 0 Å². The quantitative estimate of drug-likeness (QED) is 0.687. The average Bonchev–Trinajstić information content (AvgIpc) is 2.81. The molecule has 0 aromatic carbocycles. The Morgan fingerprint density at radius 2 is 2.17 bits per heavy atom. The molecule has 1 rings (SSSR count). The average molecular weight is 256 g/mol. The standard InChI is InChI=1S/C11H16N2O5/c1-8(14)13(4-5-16-2)6-10-12-9(7-18-10)11(15)17-3/h7H,4-6H2,1-3H3. The Balaban J connectivity index is 2.66. The van der Waals surface area contributed by atoms with Crippen molar-refractivity contribution in [2.24, 2.45) is 0 Å². The highest BCUT2D eigenvalue weighted by molar-refractivity contribution is 5.86. The second-order valence-electron chi connectivity index (χ2n) is 3.55. The van der Waals surface area contributed by atoms with Gasteiger partial charge in [0.2, 0.25) is 11.8 Å². The van der Waals surface area contributed by atoms with E-state index < -0.39 is 5.97 Å². The van der Waals surface area contributed by atoms with Gasteiger partial charge < -0.3 is 18.8 Å². The van der Waals surface area contributed by atoms with Gasteiger partial charge in [0.15, 0.2) is 5.69 Å². The first-order valence-corrected chi connectivity index (χ1v) is 5.35. The fraction of sp³-hybridized carbons (Fsp3) is 0.545. The van der Waals surface area contributed by atoms with Crippen LogP contribution in [0.15, 0.2) is 10.7 Å². The third kappa shape index (κ3) is 3.85. The number of hydrogen-bond donors (Lipinski definition) is 0. The highest BCUT2D eigenvalue weighted by Crippen LogP contribution is 2.07. The highest BCUT2D eigenvalue weighted by Gasteiger charge is 2.16. The van der Waals surface area contributed by atoms with Crippen molar-refractivity contribution in [3.8, 4) is 0 Å². The van der Waals surface area contributed by atoms with Crippen LogP contribution in [0.5, 0.6) is 0 Å². The summed E-state index contributed by atoms with van der Waals surface area (Å²) >= 11 is 0. The van der Waals surface area contributed by atoms with Gasteiger partial charge >= 0.3 is 5.97 Å². The van der Waals surface area contributed by atoms with Crippen molar-refractivity contribution in [2.75, 3.05) is 27.4 Å². The van der Waals surface area contributed by atoms with Crippen LogP contribution in [-0.4, -0.2) is 49.1 Å². The molecular formula is C11H16N2O5. The lowest BCUT2D eigenvalue weighted by molar-refractivity contribution is -0.130. The van der Waals surface area contributed by atoms with Crippen molar-refractivity contribution in [3.63, 3.8) is 0 Å². The van der Waals surface area contributed by atoms with E-state index in [1.165, 1.54) is 25.2 Å². The third-order valence-electron chi connectivity index (χ3n) is 2.28. The number of rotatable bonds is 6. The van der Waals surface area contributed by atoms with Gasteiger partial charge in [0.05, 0.1) is 20.3 Å². The predicted molar refractivity (Wildman–Crippen MR) is 60.8 cm³/mol. The van der Waals surface area contributed by atoms with E-state index in [0.29, 0.717) is 13.2 Å². The van der Waals surface area contributed by atoms with E-state index in [1.807, 2.05) is 0 Å². The molecule has 0 aliphatic carbocycles. The summed E-state index contributed by atoms with van der Waals surface area (Å²) in [5, 5.41) is 0. The molecule has 7 heteroatoms. The van der Waals surface area contributed by atoms with Gasteiger partial charge in [-0.3, -0.25) is 4.79 Å². The van der Waals surface area contributed by atoms with E-state index in [9.17, 15) is 9.59 Å². The van der Waals surface area contributed by atoms with Crippen LogP contribution in [0.3, 0.4) is 0 Å². The molecule has 7 nitrogen and oxygen atoms in total. The van der Waals surface area contributed by atoms with Crippen LogP contribution in [0, 0.1) is 0 Å². The third-order valence-corrected chi connectivity index (χ3v) is 2.28. The summed E-state index contributed by atoms with van der Waals surface area (Å²) < 4.78 is 14.5. The van der Waals surface area contributed by atoms with Crippen molar-refractivity contribution >= 4 is 11.9 Å². The van der Waals surface area contributed by atoms with Crippen molar-refractivity contribution in [2.45, 2.75) is 13.5 Å². The zero-order chi connectivity index (χ0) is 13.5. The second kappa shape index (κ2) is 6.75. The summed E-state index contributed by atoms with van der Waals surface area (Å²) in [6.45, 7) is 2.49. The maximum absolute atomic E-state index is 11.4. The maximum Gasteiger partial charge on any atom is 0.360 e. The summed E-state index contributed by atoms with van der Waals surface area (Å²) in [6.07, 6.45) is 1.20. The molecule has 0 radical (unpaired) electrons. The molecule has 1 aromatic rings. The van der Waals surface area contributed by atoms with Gasteiger partial charge in [-0.05, 0) is 0 Å². The lowest BCUT2D eigenvalue weighted by Gasteiger charge is -2.18. The van der Waals surface area contributed by atoms with Gasteiger partial charge in [-0.2, -0.15) is 0 Å². The number of carbonyl (C=O) groups is 2. The summed E-state index contributed by atoms with van der Waals surface area (Å²) in [6, 6.07) is 0. The van der Waals surface area contributed by atoms with Gasteiger partial charge in [0.1, 0.15) is 6.26 Å². The number of carbonyl (C=O) groups excluding carboxylic acids is 2. The number of ether oxygens (including phenoxy) is 2. The fourth-order valence-corrected chi connectivity index (χ4v) is 1.29. The van der Waals surface area contributed by atoms with E-state index in [2.05, 4.69) is 9.72 Å². The molecule has 1 amide bonds. The minimum atomic E-state index is -0.573. The lowest BCUT2D eigenvalue weighted by Crippen LogP contribution is -2.31. The molecule has 0 N–H and O–H groups in total. The summed E-state index contributed by atoms with van der Waals surface area (Å²) in [4.78, 5) is 28.0. The molecule has 0 fully saturated rings. The Hall–Kier alpha value is -1.89. The van der Waals surface area contributed by atoms with Gasteiger partial charge in [-0.15, -0.1) is 0 Å². The Morgan fingerprint density at radius 1 is 1.44 bits per heavy atom. The Labute approximate surface area is 105 Å². The normalized spacial score (nSPS) is 10.2. The van der Waals surface area contributed by atoms with Gasteiger partial charge in [-0.25, -0.2) is 9.78 Å². The first-order chi connectivity index (χ1) is 8.58. The van der Waals surface area contributed by atoms with Crippen LogP contribution in [0.4, 0.5) is 0 Å². The van der Waals surface area contributed by atoms with E-state index >= 15 is 0 Å². The number of amides is 1. The maximum atomic E-state index is 11.4. The number of methoxy groups -OCH3 is 2. The van der Waals surface area contributed by atoms with Crippen molar-refractivity contribution in [3.05, 3.63) is 17.8 Å². The van der Waals surface area contributed by atoms with E-state index in [0.717, 1.165) is 0 Å². The molecule has 0 atom stereocenters. The van der Waals surface area contributed by atoms with Crippen LogP contribution in [0.2, 0.25) is 0 Å². The van der Waals surface area contributed by atoms with Crippen molar-refractivity contribution in [1.29, 1.82) is 0 Å². The number of hydrogen-bond acceptors (Lipinski definition) is 6. The van der Waals surface area contributed by atoms with E-state index in [1.54, 1.807) is 7.11 Å². The minimum absolute atomic E-state index is 0.0859. The molecule has 0 unspecified atom stereocenters. The minimum Gasteiger partial charge on any atom is -0.464 e. The monoisotopic (exact) mass is 256 g/mol. The van der Waals surface area contributed by atoms with Crippen LogP contribution >= 0.6 is 0 Å². The van der Waals surface area contributed by atoms with Crippen molar-refractivity contribution < 1.29 is 23.5 Å². The largest absolute Gasteiger partial charge is 0.464 e. The molecule has 1 aromatic heterocycles. The highest BCUT2D eigenvalue weighted by atomic mass is 16.5. The van der Waals surface area contributed by atoms with E-state index in [-0.39, 0.29) is 24.0 Å². The van der Waals surface area contributed by atoms with Crippen LogP contribution in [0.1, 0.15) is 23.3 Å². The second-order valence-corrected chi connectivity index (χ2v) is 3.55. The van der Waals surface area contributed by atoms with Gasteiger partial charge in [0, 0.05) is 20.6 Å². The zero-order valence-electron chi connectivity index (χ0n) is 10.6. The van der Waals surface area contributed by atoms with E-state index in [4.69, 9.17) is 9.15 Å². The molecule has 1 heterocycles. The smallest absolute Gasteiger partial charge is 0.360 e. The molecule has 0 saturated heterocycles. The molecule has 0 aliphatic rings. The Kier molecular flexibility index (Phi) is 5.31. The predicted octanol–water partition coefficient (Wildman–Crippen LogP) is 0.456. The molecule has 100 valence electrons. The Morgan fingerprint density at radius 3 is 2.72 bits per heavy atom. The molecule has 0 saturated carbocycles.